The number of likely N-dealkylation sites (N-methyl/N-ethyl adjacent to an activating group) is 1. The molecule has 0 bridgehead atoms. The Morgan fingerprint density at radius 1 is 1.38 bits per heavy atom. The normalized spacial score (nSPS) is 17.8. The maximum absolute atomic E-state index is 9.83. The molecule has 0 aromatic heterocycles. The number of aliphatic hydroxyl groups is 1. The molecule has 21 heavy (non-hydrogen) atoms. The van der Waals surface area contributed by atoms with Crippen LogP contribution >= 0.6 is 0 Å². The molecule has 0 spiro atoms. The highest BCUT2D eigenvalue weighted by Gasteiger charge is 2.45. The van der Waals surface area contributed by atoms with Crippen molar-refractivity contribution in [2.45, 2.75) is 52.0 Å². The van der Waals surface area contributed by atoms with E-state index in [9.17, 15) is 5.11 Å². The molecule has 0 aliphatic heterocycles. The van der Waals surface area contributed by atoms with Gasteiger partial charge in [0.05, 0.1) is 12.1 Å². The van der Waals surface area contributed by atoms with Crippen LogP contribution in [0.1, 0.15) is 50.7 Å². The van der Waals surface area contributed by atoms with Crippen LogP contribution < -0.4 is 10.1 Å². The SMILES string of the molecule is CCNC(CO)(COc1ccc(C(C)C)c(C)c1)C1CC1. The molecule has 1 aromatic rings. The third-order valence-corrected chi connectivity index (χ3v) is 4.53. The van der Waals surface area contributed by atoms with Gasteiger partial charge >= 0.3 is 0 Å². The highest BCUT2D eigenvalue weighted by atomic mass is 16.5. The van der Waals surface area contributed by atoms with Gasteiger partial charge in [-0.15, -0.1) is 0 Å². The largest absolute Gasteiger partial charge is 0.492 e. The predicted molar refractivity (Wildman–Crippen MR) is 87.0 cm³/mol. The van der Waals surface area contributed by atoms with Crippen LogP contribution in [0.5, 0.6) is 5.75 Å². The van der Waals surface area contributed by atoms with E-state index < -0.39 is 0 Å². The Bertz CT molecular complexity index is 468. The van der Waals surface area contributed by atoms with Crippen LogP contribution in [0.4, 0.5) is 0 Å². The Kier molecular flexibility index (Phi) is 5.28. The van der Waals surface area contributed by atoms with Crippen molar-refractivity contribution in [2.75, 3.05) is 19.8 Å². The van der Waals surface area contributed by atoms with Gasteiger partial charge in [-0.05, 0) is 61.4 Å². The summed E-state index contributed by atoms with van der Waals surface area (Å²) in [5, 5.41) is 13.3. The van der Waals surface area contributed by atoms with Crippen molar-refractivity contribution >= 4 is 0 Å². The number of rotatable bonds is 8. The van der Waals surface area contributed by atoms with Crippen LogP contribution in [0.2, 0.25) is 0 Å². The fraction of sp³-hybridized carbons (Fsp3) is 0.667. The summed E-state index contributed by atoms with van der Waals surface area (Å²) in [6, 6.07) is 6.31. The first kappa shape index (κ1) is 16.3. The molecule has 0 heterocycles. The lowest BCUT2D eigenvalue weighted by molar-refractivity contribution is 0.0864. The van der Waals surface area contributed by atoms with E-state index in [1.54, 1.807) is 0 Å². The maximum atomic E-state index is 9.83. The van der Waals surface area contributed by atoms with Gasteiger partial charge in [0.1, 0.15) is 12.4 Å². The van der Waals surface area contributed by atoms with Crippen molar-refractivity contribution < 1.29 is 9.84 Å². The Morgan fingerprint density at radius 2 is 2.10 bits per heavy atom. The lowest BCUT2D eigenvalue weighted by Gasteiger charge is -2.33. The second kappa shape index (κ2) is 6.80. The van der Waals surface area contributed by atoms with Gasteiger partial charge in [-0.25, -0.2) is 0 Å². The molecule has 1 atom stereocenters. The quantitative estimate of drug-likeness (QED) is 0.772. The fourth-order valence-corrected chi connectivity index (χ4v) is 3.13. The molecular weight excluding hydrogens is 262 g/mol. The van der Waals surface area contributed by atoms with E-state index in [1.165, 1.54) is 24.0 Å². The van der Waals surface area contributed by atoms with Crippen molar-refractivity contribution in [3.05, 3.63) is 29.3 Å². The number of benzene rings is 1. The standard InChI is InChI=1S/C18H29NO2/c1-5-19-18(11-20,15-6-7-15)12-21-16-8-9-17(13(2)3)14(4)10-16/h8-10,13,15,19-20H,5-7,11-12H2,1-4H3. The fourth-order valence-electron chi connectivity index (χ4n) is 3.13. The topological polar surface area (TPSA) is 41.5 Å². The van der Waals surface area contributed by atoms with Crippen molar-refractivity contribution in [1.82, 2.24) is 5.32 Å². The molecule has 2 rings (SSSR count). The molecule has 0 radical (unpaired) electrons. The monoisotopic (exact) mass is 291 g/mol. The highest BCUT2D eigenvalue weighted by Crippen LogP contribution is 2.40. The van der Waals surface area contributed by atoms with E-state index in [-0.39, 0.29) is 12.1 Å². The van der Waals surface area contributed by atoms with Crippen molar-refractivity contribution in [1.29, 1.82) is 0 Å². The average Bonchev–Trinajstić information content (AvgIpc) is 3.28. The maximum Gasteiger partial charge on any atom is 0.119 e. The van der Waals surface area contributed by atoms with Gasteiger partial charge in [0.2, 0.25) is 0 Å². The molecule has 1 aliphatic carbocycles. The minimum atomic E-state index is -0.278. The average molecular weight is 291 g/mol. The van der Waals surface area contributed by atoms with Crippen molar-refractivity contribution in [2.24, 2.45) is 5.92 Å². The summed E-state index contributed by atoms with van der Waals surface area (Å²) in [6.45, 7) is 10.1. The third kappa shape index (κ3) is 3.78. The van der Waals surface area contributed by atoms with E-state index in [1.807, 2.05) is 6.07 Å². The number of nitrogens with one attached hydrogen (secondary N) is 1. The van der Waals surface area contributed by atoms with E-state index >= 15 is 0 Å². The van der Waals surface area contributed by atoms with Gasteiger partial charge in [0.15, 0.2) is 0 Å². The minimum absolute atomic E-state index is 0.133. The second-order valence-electron chi connectivity index (χ2n) is 6.58. The highest BCUT2D eigenvalue weighted by molar-refractivity contribution is 5.36. The Labute approximate surface area is 128 Å². The second-order valence-corrected chi connectivity index (χ2v) is 6.58. The van der Waals surface area contributed by atoms with E-state index in [0.29, 0.717) is 18.4 Å². The molecule has 118 valence electrons. The molecule has 1 fully saturated rings. The first-order chi connectivity index (χ1) is 10.0. The van der Waals surface area contributed by atoms with Gasteiger partial charge in [0, 0.05) is 0 Å². The number of aryl methyl sites for hydroxylation is 1. The zero-order valence-corrected chi connectivity index (χ0v) is 13.8. The molecule has 2 N–H and O–H groups in total. The molecule has 1 unspecified atom stereocenters. The lowest BCUT2D eigenvalue weighted by atomic mass is 9.95. The van der Waals surface area contributed by atoms with Crippen LogP contribution in [-0.2, 0) is 0 Å². The first-order valence-electron chi connectivity index (χ1n) is 8.11. The van der Waals surface area contributed by atoms with Crippen LogP contribution in [0.15, 0.2) is 18.2 Å². The van der Waals surface area contributed by atoms with E-state index in [0.717, 1.165) is 12.3 Å². The zero-order chi connectivity index (χ0) is 15.5. The smallest absolute Gasteiger partial charge is 0.119 e. The Hall–Kier alpha value is -1.06. The molecule has 1 saturated carbocycles. The lowest BCUT2D eigenvalue weighted by Crippen LogP contribution is -2.55. The first-order valence-corrected chi connectivity index (χ1v) is 8.11. The Balaban J connectivity index is 2.05. The summed E-state index contributed by atoms with van der Waals surface area (Å²) in [7, 11) is 0. The molecule has 1 aromatic carbocycles. The summed E-state index contributed by atoms with van der Waals surface area (Å²) < 4.78 is 6.01. The van der Waals surface area contributed by atoms with Gasteiger partial charge in [-0.1, -0.05) is 26.8 Å². The van der Waals surface area contributed by atoms with Gasteiger partial charge in [-0.2, -0.15) is 0 Å². The Morgan fingerprint density at radius 3 is 2.57 bits per heavy atom. The van der Waals surface area contributed by atoms with Gasteiger partial charge < -0.3 is 15.2 Å². The summed E-state index contributed by atoms with van der Waals surface area (Å²) in [5.74, 6) is 1.97. The van der Waals surface area contributed by atoms with Crippen molar-refractivity contribution in [3.63, 3.8) is 0 Å². The summed E-state index contributed by atoms with van der Waals surface area (Å²) in [6.07, 6.45) is 2.37. The van der Waals surface area contributed by atoms with E-state index in [2.05, 4.69) is 45.1 Å². The van der Waals surface area contributed by atoms with Crippen molar-refractivity contribution in [3.8, 4) is 5.75 Å². The number of hydrogen-bond donors (Lipinski definition) is 2. The van der Waals surface area contributed by atoms with Gasteiger partial charge in [-0.3, -0.25) is 0 Å². The molecule has 0 amide bonds. The molecule has 3 nitrogen and oxygen atoms in total. The molecule has 3 heteroatoms. The third-order valence-electron chi connectivity index (χ3n) is 4.53. The van der Waals surface area contributed by atoms with Crippen LogP contribution in [0.25, 0.3) is 0 Å². The number of hydrogen-bond acceptors (Lipinski definition) is 3. The summed E-state index contributed by atoms with van der Waals surface area (Å²) >= 11 is 0. The zero-order valence-electron chi connectivity index (χ0n) is 13.8. The predicted octanol–water partition coefficient (Wildman–Crippen LogP) is 3.25. The summed E-state index contributed by atoms with van der Waals surface area (Å²) in [4.78, 5) is 0. The van der Waals surface area contributed by atoms with Crippen LogP contribution in [0.3, 0.4) is 0 Å². The number of ether oxygens (including phenoxy) is 1. The molecule has 1 aliphatic rings. The summed E-state index contributed by atoms with van der Waals surface area (Å²) in [5.41, 5.74) is 2.36. The molecule has 0 saturated heterocycles. The van der Waals surface area contributed by atoms with Crippen LogP contribution in [0, 0.1) is 12.8 Å². The minimum Gasteiger partial charge on any atom is -0.492 e. The van der Waals surface area contributed by atoms with Crippen LogP contribution in [-0.4, -0.2) is 30.4 Å². The van der Waals surface area contributed by atoms with Gasteiger partial charge in [0.25, 0.3) is 0 Å². The number of aliphatic hydroxyl groups excluding tert-OH is 1. The molecular formula is C18H29NO2. The van der Waals surface area contributed by atoms with E-state index in [4.69, 9.17) is 4.74 Å².